The Hall–Kier alpha value is -1.52. The topological polar surface area (TPSA) is 73.1 Å². The van der Waals surface area contributed by atoms with Crippen molar-refractivity contribution in [2.75, 3.05) is 24.2 Å². The minimum atomic E-state index is 0.483. The van der Waals surface area contributed by atoms with Crippen molar-refractivity contribution in [2.45, 2.75) is 33.6 Å². The number of unbranched alkanes of at least 4 members (excludes halogenated alkanes) is 1. The van der Waals surface area contributed by atoms with Crippen LogP contribution in [0.4, 0.5) is 11.5 Å². The Balaban J connectivity index is 2.81. The fourth-order valence-electron chi connectivity index (χ4n) is 1.28. The van der Waals surface area contributed by atoms with Gasteiger partial charge < -0.3 is 15.8 Å². The highest BCUT2D eigenvalue weighted by Crippen LogP contribution is 2.25. The second kappa shape index (κ2) is 6.15. The number of nitrogens with two attached hydrogens (primary N) is 1. The highest BCUT2D eigenvalue weighted by atomic mass is 16.5. The lowest BCUT2D eigenvalue weighted by Crippen LogP contribution is -2.09. The number of ether oxygens (including phenoxy) is 1. The third-order valence-corrected chi connectivity index (χ3v) is 2.10. The molecule has 0 bridgehead atoms. The Morgan fingerprint density at radius 1 is 1.31 bits per heavy atom. The van der Waals surface area contributed by atoms with E-state index in [9.17, 15) is 0 Å². The number of rotatable bonds is 6. The lowest BCUT2D eigenvalue weighted by atomic mass is 10.3. The van der Waals surface area contributed by atoms with Crippen molar-refractivity contribution in [3.05, 3.63) is 5.82 Å². The molecule has 3 N–H and O–H groups in total. The predicted molar refractivity (Wildman–Crippen MR) is 65.7 cm³/mol. The Bertz CT molecular complexity index is 341. The number of nitrogens with zero attached hydrogens (tertiary/aromatic N) is 2. The Morgan fingerprint density at radius 2 is 2.06 bits per heavy atom. The van der Waals surface area contributed by atoms with Gasteiger partial charge in [0.25, 0.3) is 0 Å². The van der Waals surface area contributed by atoms with Crippen LogP contribution in [0.15, 0.2) is 0 Å². The Labute approximate surface area is 96.4 Å². The Morgan fingerprint density at radius 3 is 2.69 bits per heavy atom. The molecule has 1 rings (SSSR count). The molecule has 0 aliphatic rings. The molecule has 1 aromatic rings. The first-order valence-electron chi connectivity index (χ1n) is 5.69. The number of hydrogen-bond donors (Lipinski definition) is 2. The van der Waals surface area contributed by atoms with E-state index in [1.54, 1.807) is 0 Å². The molecule has 0 saturated carbocycles. The van der Waals surface area contributed by atoms with Crippen molar-refractivity contribution in [1.82, 2.24) is 9.97 Å². The van der Waals surface area contributed by atoms with E-state index in [1.165, 1.54) is 0 Å². The zero-order valence-corrected chi connectivity index (χ0v) is 10.2. The maximum absolute atomic E-state index is 5.91. The highest BCUT2D eigenvalue weighted by molar-refractivity contribution is 5.66. The zero-order valence-electron chi connectivity index (χ0n) is 10.2. The first-order valence-corrected chi connectivity index (χ1v) is 5.69. The number of nitrogens with one attached hydrogen (secondary N) is 1. The van der Waals surface area contributed by atoms with Crippen LogP contribution < -0.4 is 15.8 Å². The van der Waals surface area contributed by atoms with Gasteiger partial charge in [0.2, 0.25) is 5.88 Å². The van der Waals surface area contributed by atoms with Crippen LogP contribution in [0.3, 0.4) is 0 Å². The van der Waals surface area contributed by atoms with E-state index in [0.29, 0.717) is 29.8 Å². The fourth-order valence-corrected chi connectivity index (χ4v) is 1.28. The molecule has 1 heterocycles. The SMILES string of the molecule is CCCCOc1nc(C)nc(NCC)c1N. The average molecular weight is 224 g/mol. The van der Waals surface area contributed by atoms with E-state index in [0.717, 1.165) is 19.4 Å². The van der Waals surface area contributed by atoms with Crippen molar-refractivity contribution < 1.29 is 4.74 Å². The molecule has 0 aliphatic carbocycles. The van der Waals surface area contributed by atoms with Crippen LogP contribution in [0.25, 0.3) is 0 Å². The van der Waals surface area contributed by atoms with Gasteiger partial charge in [0.15, 0.2) is 5.82 Å². The van der Waals surface area contributed by atoms with Crippen molar-refractivity contribution in [2.24, 2.45) is 0 Å². The largest absolute Gasteiger partial charge is 0.476 e. The summed E-state index contributed by atoms with van der Waals surface area (Å²) in [6.45, 7) is 7.35. The molecule has 0 saturated heterocycles. The number of nitrogen functional groups attached to an aromatic ring is 1. The third-order valence-electron chi connectivity index (χ3n) is 2.10. The summed E-state index contributed by atoms with van der Waals surface area (Å²) < 4.78 is 5.53. The summed E-state index contributed by atoms with van der Waals surface area (Å²) >= 11 is 0. The van der Waals surface area contributed by atoms with Gasteiger partial charge in [0.1, 0.15) is 11.5 Å². The Kier molecular flexibility index (Phi) is 4.82. The van der Waals surface area contributed by atoms with E-state index in [4.69, 9.17) is 10.5 Å². The van der Waals surface area contributed by atoms with Gasteiger partial charge in [0, 0.05) is 6.54 Å². The van der Waals surface area contributed by atoms with E-state index in [1.807, 2.05) is 13.8 Å². The van der Waals surface area contributed by atoms with Crippen LogP contribution in [0.5, 0.6) is 5.88 Å². The molecular formula is C11H20N4O. The minimum Gasteiger partial charge on any atom is -0.476 e. The summed E-state index contributed by atoms with van der Waals surface area (Å²) in [5, 5.41) is 3.09. The van der Waals surface area contributed by atoms with Crippen LogP contribution in [0.1, 0.15) is 32.5 Å². The summed E-state index contributed by atoms with van der Waals surface area (Å²) in [7, 11) is 0. The maximum atomic E-state index is 5.91. The third kappa shape index (κ3) is 3.25. The number of hydrogen-bond acceptors (Lipinski definition) is 5. The molecule has 0 aromatic carbocycles. The lowest BCUT2D eigenvalue weighted by molar-refractivity contribution is 0.298. The van der Waals surface area contributed by atoms with Gasteiger partial charge in [-0.25, -0.2) is 4.98 Å². The van der Waals surface area contributed by atoms with Gasteiger partial charge in [-0.2, -0.15) is 4.98 Å². The van der Waals surface area contributed by atoms with Crippen LogP contribution in [-0.2, 0) is 0 Å². The van der Waals surface area contributed by atoms with E-state index in [2.05, 4.69) is 22.2 Å². The minimum absolute atomic E-state index is 0.483. The smallest absolute Gasteiger partial charge is 0.242 e. The maximum Gasteiger partial charge on any atom is 0.242 e. The highest BCUT2D eigenvalue weighted by Gasteiger charge is 2.10. The van der Waals surface area contributed by atoms with E-state index >= 15 is 0 Å². The van der Waals surface area contributed by atoms with Gasteiger partial charge >= 0.3 is 0 Å². The molecule has 5 nitrogen and oxygen atoms in total. The van der Waals surface area contributed by atoms with E-state index in [-0.39, 0.29) is 0 Å². The fraction of sp³-hybridized carbons (Fsp3) is 0.636. The first-order chi connectivity index (χ1) is 7.69. The lowest BCUT2D eigenvalue weighted by Gasteiger charge is -2.12. The molecule has 0 unspecified atom stereocenters. The zero-order chi connectivity index (χ0) is 12.0. The second-order valence-electron chi connectivity index (χ2n) is 3.57. The van der Waals surface area contributed by atoms with Gasteiger partial charge in [-0.15, -0.1) is 0 Å². The molecule has 0 fully saturated rings. The molecular weight excluding hydrogens is 204 g/mol. The number of aromatic nitrogens is 2. The number of anilines is 2. The molecule has 90 valence electrons. The molecule has 0 atom stereocenters. The molecule has 0 aliphatic heterocycles. The number of aryl methyl sites for hydroxylation is 1. The molecule has 5 heteroatoms. The van der Waals surface area contributed by atoms with Crippen LogP contribution in [0.2, 0.25) is 0 Å². The van der Waals surface area contributed by atoms with E-state index < -0.39 is 0 Å². The first kappa shape index (κ1) is 12.5. The monoisotopic (exact) mass is 224 g/mol. The summed E-state index contributed by atoms with van der Waals surface area (Å²) in [5.41, 5.74) is 6.40. The summed E-state index contributed by atoms with van der Waals surface area (Å²) in [6, 6.07) is 0. The van der Waals surface area contributed by atoms with Crippen molar-refractivity contribution >= 4 is 11.5 Å². The van der Waals surface area contributed by atoms with Crippen molar-refractivity contribution in [3.63, 3.8) is 0 Å². The molecule has 0 radical (unpaired) electrons. The molecule has 16 heavy (non-hydrogen) atoms. The normalized spacial score (nSPS) is 10.2. The van der Waals surface area contributed by atoms with Gasteiger partial charge in [-0.1, -0.05) is 13.3 Å². The summed E-state index contributed by atoms with van der Waals surface area (Å²) in [4.78, 5) is 8.41. The standard InChI is InChI=1S/C11H20N4O/c1-4-6-7-16-11-9(12)10(13-5-2)14-8(3)15-11/h4-7,12H2,1-3H3,(H,13,14,15). The van der Waals surface area contributed by atoms with Crippen LogP contribution >= 0.6 is 0 Å². The molecule has 0 amide bonds. The van der Waals surface area contributed by atoms with Crippen molar-refractivity contribution in [1.29, 1.82) is 0 Å². The van der Waals surface area contributed by atoms with Crippen LogP contribution in [-0.4, -0.2) is 23.1 Å². The van der Waals surface area contributed by atoms with Gasteiger partial charge in [-0.05, 0) is 20.3 Å². The second-order valence-corrected chi connectivity index (χ2v) is 3.57. The molecule has 1 aromatic heterocycles. The summed E-state index contributed by atoms with van der Waals surface area (Å²) in [5.74, 6) is 1.80. The van der Waals surface area contributed by atoms with Gasteiger partial charge in [-0.3, -0.25) is 0 Å². The summed E-state index contributed by atoms with van der Waals surface area (Å²) in [6.07, 6.45) is 2.09. The van der Waals surface area contributed by atoms with Gasteiger partial charge in [0.05, 0.1) is 6.61 Å². The average Bonchev–Trinajstić information content (AvgIpc) is 2.25. The quantitative estimate of drug-likeness (QED) is 0.723. The van der Waals surface area contributed by atoms with Crippen LogP contribution in [0, 0.1) is 6.92 Å². The van der Waals surface area contributed by atoms with Crippen molar-refractivity contribution in [3.8, 4) is 5.88 Å². The predicted octanol–water partition coefficient (Wildman–Crippen LogP) is 1.98. The molecule has 0 spiro atoms.